The maximum absolute atomic E-state index is 10.6. The Balaban J connectivity index is 1.35. The number of non-ortho nitro benzene ring substituents is 2. The third-order valence-corrected chi connectivity index (χ3v) is 4.57. The normalized spacial score (nSPS) is 10.6. The second kappa shape index (κ2) is 14.7. The molecule has 0 spiro atoms. The Labute approximate surface area is 187 Å². The van der Waals surface area contributed by atoms with E-state index in [2.05, 4.69) is 10.6 Å². The number of nitrogens with zero attached hydrogens (tertiary/aromatic N) is 2. The van der Waals surface area contributed by atoms with Crippen LogP contribution in [0.25, 0.3) is 0 Å². The molecular formula is C22H30N4O6. The minimum Gasteiger partial charge on any atom is -0.385 e. The maximum atomic E-state index is 10.6. The van der Waals surface area contributed by atoms with Crippen LogP contribution in [-0.4, -0.2) is 49.4 Å². The Kier molecular flexibility index (Phi) is 11.5. The fraction of sp³-hybridized carbons (Fsp3) is 0.455. The Morgan fingerprint density at radius 2 is 0.938 bits per heavy atom. The van der Waals surface area contributed by atoms with Crippen molar-refractivity contribution >= 4 is 22.7 Å². The molecule has 0 saturated heterocycles. The topological polar surface area (TPSA) is 129 Å². The van der Waals surface area contributed by atoms with E-state index >= 15 is 0 Å². The van der Waals surface area contributed by atoms with Gasteiger partial charge in [-0.25, -0.2) is 0 Å². The fourth-order valence-corrected chi connectivity index (χ4v) is 2.83. The Morgan fingerprint density at radius 3 is 1.28 bits per heavy atom. The number of anilines is 2. The predicted octanol–water partition coefficient (Wildman–Crippen LogP) is 4.62. The summed E-state index contributed by atoms with van der Waals surface area (Å²) in [6.45, 7) is 4.21. The van der Waals surface area contributed by atoms with Gasteiger partial charge in [0.15, 0.2) is 0 Å². The first kappa shape index (κ1) is 25.0. The molecule has 0 radical (unpaired) electrons. The molecule has 2 N–H and O–H groups in total. The molecule has 2 aromatic rings. The minimum atomic E-state index is -0.412. The van der Waals surface area contributed by atoms with E-state index in [0.29, 0.717) is 26.4 Å². The third-order valence-electron chi connectivity index (χ3n) is 4.57. The molecule has 10 heteroatoms. The number of hydrogen-bond donors (Lipinski definition) is 2. The molecule has 10 nitrogen and oxygen atoms in total. The molecule has 0 aliphatic carbocycles. The molecule has 0 atom stereocenters. The van der Waals surface area contributed by atoms with Gasteiger partial charge in [0, 0.05) is 75.2 Å². The molecule has 174 valence electrons. The summed E-state index contributed by atoms with van der Waals surface area (Å²) in [4.78, 5) is 20.4. The second-order valence-electron chi connectivity index (χ2n) is 7.10. The van der Waals surface area contributed by atoms with Gasteiger partial charge in [0.25, 0.3) is 11.4 Å². The fourth-order valence-electron chi connectivity index (χ4n) is 2.83. The van der Waals surface area contributed by atoms with E-state index in [-0.39, 0.29) is 11.4 Å². The van der Waals surface area contributed by atoms with Crippen LogP contribution < -0.4 is 10.6 Å². The van der Waals surface area contributed by atoms with Crippen LogP contribution in [0.5, 0.6) is 0 Å². The van der Waals surface area contributed by atoms with Gasteiger partial charge in [-0.1, -0.05) is 0 Å². The van der Waals surface area contributed by atoms with E-state index in [9.17, 15) is 20.2 Å². The Hall–Kier alpha value is -3.24. The molecule has 0 aromatic heterocycles. The van der Waals surface area contributed by atoms with Crippen molar-refractivity contribution < 1.29 is 19.3 Å². The smallest absolute Gasteiger partial charge is 0.269 e. The van der Waals surface area contributed by atoms with Crippen molar-refractivity contribution in [3.05, 3.63) is 68.8 Å². The van der Waals surface area contributed by atoms with Crippen LogP contribution in [0.15, 0.2) is 48.5 Å². The number of nitro benzene ring substituents is 2. The zero-order chi connectivity index (χ0) is 23.0. The van der Waals surface area contributed by atoms with Gasteiger partial charge >= 0.3 is 0 Å². The molecule has 0 aliphatic rings. The molecule has 0 bridgehead atoms. The van der Waals surface area contributed by atoms with E-state index in [1.165, 1.54) is 24.3 Å². The molecule has 0 amide bonds. The summed E-state index contributed by atoms with van der Waals surface area (Å²) in [6.07, 6.45) is 3.60. The average Bonchev–Trinajstić information content (AvgIpc) is 2.80. The van der Waals surface area contributed by atoms with Crippen molar-refractivity contribution in [1.82, 2.24) is 0 Å². The highest BCUT2D eigenvalue weighted by atomic mass is 16.6. The van der Waals surface area contributed by atoms with E-state index in [1.807, 2.05) is 0 Å². The van der Waals surface area contributed by atoms with Gasteiger partial charge in [0.1, 0.15) is 0 Å². The van der Waals surface area contributed by atoms with Gasteiger partial charge in [0.2, 0.25) is 0 Å². The second-order valence-corrected chi connectivity index (χ2v) is 7.10. The summed E-state index contributed by atoms with van der Waals surface area (Å²) >= 11 is 0. The van der Waals surface area contributed by atoms with E-state index in [0.717, 1.165) is 50.1 Å². The number of rotatable bonds is 17. The first-order chi connectivity index (χ1) is 15.6. The monoisotopic (exact) mass is 446 g/mol. The molecule has 2 aromatic carbocycles. The lowest BCUT2D eigenvalue weighted by atomic mass is 10.3. The standard InChI is InChI=1S/C22H30N4O6/c27-25(28)21-9-5-19(6-10-21)23-13-3-17-31-15-1-2-16-32-18-4-14-24-20-7-11-22(12-8-20)26(29)30/h5-12,23-24H,1-4,13-18H2. The number of unbranched alkanes of at least 4 members (excludes halogenated alkanes) is 1. The molecule has 32 heavy (non-hydrogen) atoms. The molecule has 0 heterocycles. The molecule has 0 fully saturated rings. The zero-order valence-electron chi connectivity index (χ0n) is 18.0. The number of ether oxygens (including phenoxy) is 2. The lowest BCUT2D eigenvalue weighted by Crippen LogP contribution is -2.08. The maximum Gasteiger partial charge on any atom is 0.269 e. The number of benzene rings is 2. The van der Waals surface area contributed by atoms with Gasteiger partial charge in [0.05, 0.1) is 9.85 Å². The van der Waals surface area contributed by atoms with Gasteiger partial charge in [-0.05, 0) is 49.9 Å². The Bertz CT molecular complexity index is 745. The third kappa shape index (κ3) is 10.2. The van der Waals surface area contributed by atoms with Crippen LogP contribution in [0.3, 0.4) is 0 Å². The average molecular weight is 447 g/mol. The number of nitrogens with one attached hydrogen (secondary N) is 2. The summed E-state index contributed by atoms with van der Waals surface area (Å²) in [5.41, 5.74) is 1.88. The number of nitro groups is 2. The highest BCUT2D eigenvalue weighted by Gasteiger charge is 2.04. The lowest BCUT2D eigenvalue weighted by Gasteiger charge is -2.08. The van der Waals surface area contributed by atoms with Crippen LogP contribution in [-0.2, 0) is 9.47 Å². The number of hydrogen-bond acceptors (Lipinski definition) is 8. The summed E-state index contributed by atoms with van der Waals surface area (Å²) in [7, 11) is 0. The van der Waals surface area contributed by atoms with Crippen LogP contribution >= 0.6 is 0 Å². The highest BCUT2D eigenvalue weighted by Crippen LogP contribution is 2.16. The van der Waals surface area contributed by atoms with Gasteiger partial charge in [-0.2, -0.15) is 0 Å². The van der Waals surface area contributed by atoms with E-state index < -0.39 is 9.85 Å². The van der Waals surface area contributed by atoms with Crippen LogP contribution in [0.4, 0.5) is 22.7 Å². The van der Waals surface area contributed by atoms with Crippen LogP contribution in [0.1, 0.15) is 25.7 Å². The molecule has 0 aliphatic heterocycles. The van der Waals surface area contributed by atoms with Crippen LogP contribution in [0.2, 0.25) is 0 Å². The van der Waals surface area contributed by atoms with Crippen molar-refractivity contribution in [2.75, 3.05) is 50.2 Å². The van der Waals surface area contributed by atoms with E-state index in [1.54, 1.807) is 24.3 Å². The molecule has 0 unspecified atom stereocenters. The summed E-state index contributed by atoms with van der Waals surface area (Å²) < 4.78 is 11.2. The first-order valence-electron chi connectivity index (χ1n) is 10.7. The van der Waals surface area contributed by atoms with Crippen LogP contribution in [0, 0.1) is 20.2 Å². The molecule has 2 rings (SSSR count). The summed E-state index contributed by atoms with van der Waals surface area (Å²) in [6, 6.07) is 12.7. The highest BCUT2D eigenvalue weighted by molar-refractivity contribution is 5.49. The largest absolute Gasteiger partial charge is 0.385 e. The van der Waals surface area contributed by atoms with E-state index in [4.69, 9.17) is 9.47 Å². The van der Waals surface area contributed by atoms with Crippen molar-refractivity contribution in [2.45, 2.75) is 25.7 Å². The zero-order valence-corrected chi connectivity index (χ0v) is 18.0. The van der Waals surface area contributed by atoms with Crippen molar-refractivity contribution in [1.29, 1.82) is 0 Å². The van der Waals surface area contributed by atoms with Gasteiger partial charge in [-0.15, -0.1) is 0 Å². The lowest BCUT2D eigenvalue weighted by molar-refractivity contribution is -0.385. The van der Waals surface area contributed by atoms with Gasteiger partial charge < -0.3 is 20.1 Å². The summed E-state index contributed by atoms with van der Waals surface area (Å²) in [5, 5.41) is 27.6. The SMILES string of the molecule is O=[N+]([O-])c1ccc(NCCCOCCCCOCCCNc2ccc([N+](=O)[O-])cc2)cc1. The van der Waals surface area contributed by atoms with Crippen molar-refractivity contribution in [2.24, 2.45) is 0 Å². The van der Waals surface area contributed by atoms with Gasteiger partial charge in [-0.3, -0.25) is 20.2 Å². The predicted molar refractivity (Wildman–Crippen MR) is 123 cm³/mol. The first-order valence-corrected chi connectivity index (χ1v) is 10.7. The Morgan fingerprint density at radius 1 is 0.594 bits per heavy atom. The molecule has 0 saturated carbocycles. The quantitative estimate of drug-likeness (QED) is 0.205. The van der Waals surface area contributed by atoms with Crippen molar-refractivity contribution in [3.8, 4) is 0 Å². The molecular weight excluding hydrogens is 416 g/mol. The summed E-state index contributed by atoms with van der Waals surface area (Å²) in [5.74, 6) is 0. The minimum absolute atomic E-state index is 0.0850. The van der Waals surface area contributed by atoms with Crippen molar-refractivity contribution in [3.63, 3.8) is 0 Å².